The van der Waals surface area contributed by atoms with E-state index in [1.165, 1.54) is 51.5 Å². The monoisotopic (exact) mass is 330 g/mol. The molecule has 1 saturated heterocycles. The molecule has 1 heterocycles. The molecule has 1 amide bonds. The Morgan fingerprint density at radius 3 is 2.67 bits per heavy atom. The highest BCUT2D eigenvalue weighted by Crippen LogP contribution is 2.27. The maximum Gasteiger partial charge on any atom is 0.255 e. The molecule has 2 aliphatic rings. The van der Waals surface area contributed by atoms with Crippen molar-refractivity contribution in [2.75, 3.05) is 26.7 Å². The van der Waals surface area contributed by atoms with Crippen LogP contribution in [0.25, 0.3) is 0 Å². The number of carbonyl (C=O) groups excluding carboxylic acids is 1. The van der Waals surface area contributed by atoms with Gasteiger partial charge in [0.1, 0.15) is 5.75 Å². The molecule has 1 saturated carbocycles. The van der Waals surface area contributed by atoms with Crippen LogP contribution in [-0.4, -0.2) is 43.6 Å². The number of hydrogen-bond acceptors (Lipinski definition) is 3. The topological polar surface area (TPSA) is 41.6 Å². The van der Waals surface area contributed by atoms with E-state index in [0.29, 0.717) is 17.2 Å². The zero-order valence-electron chi connectivity index (χ0n) is 14.8. The highest BCUT2D eigenvalue weighted by molar-refractivity contribution is 5.96. The Balaban J connectivity index is 1.48. The summed E-state index contributed by atoms with van der Waals surface area (Å²) in [5, 5.41) is 3.11. The lowest BCUT2D eigenvalue weighted by Gasteiger charge is -2.26. The Morgan fingerprint density at radius 2 is 1.92 bits per heavy atom. The molecule has 1 aromatic rings. The Morgan fingerprint density at radius 1 is 1.17 bits per heavy atom. The number of ether oxygens (including phenoxy) is 1. The van der Waals surface area contributed by atoms with E-state index in [-0.39, 0.29) is 5.91 Å². The number of nitrogens with zero attached hydrogens (tertiary/aromatic N) is 1. The van der Waals surface area contributed by atoms with Crippen molar-refractivity contribution in [3.05, 3.63) is 29.8 Å². The summed E-state index contributed by atoms with van der Waals surface area (Å²) in [6.45, 7) is 3.09. The van der Waals surface area contributed by atoms with Crippen molar-refractivity contribution in [3.63, 3.8) is 0 Å². The maximum atomic E-state index is 12.4. The summed E-state index contributed by atoms with van der Waals surface area (Å²) in [5.41, 5.74) is 0.624. The first-order chi connectivity index (χ1) is 11.8. The highest BCUT2D eigenvalue weighted by Gasteiger charge is 2.28. The van der Waals surface area contributed by atoms with Crippen LogP contribution in [0.4, 0.5) is 0 Å². The summed E-state index contributed by atoms with van der Waals surface area (Å²) in [6, 6.07) is 8.19. The number of para-hydroxylation sites is 1. The Kier molecular flexibility index (Phi) is 6.13. The number of nitrogens with one attached hydrogen (secondary N) is 1. The smallest absolute Gasteiger partial charge is 0.255 e. The van der Waals surface area contributed by atoms with Crippen LogP contribution >= 0.6 is 0 Å². The van der Waals surface area contributed by atoms with Gasteiger partial charge < -0.3 is 15.0 Å². The van der Waals surface area contributed by atoms with Gasteiger partial charge in [-0.15, -0.1) is 0 Å². The van der Waals surface area contributed by atoms with E-state index in [9.17, 15) is 4.79 Å². The van der Waals surface area contributed by atoms with Gasteiger partial charge in [0, 0.05) is 19.1 Å². The summed E-state index contributed by atoms with van der Waals surface area (Å²) in [6.07, 6.45) is 9.50. The van der Waals surface area contributed by atoms with E-state index in [0.717, 1.165) is 19.1 Å². The normalized spacial score (nSPS) is 23.0. The first-order valence-corrected chi connectivity index (χ1v) is 9.43. The molecule has 1 N–H and O–H groups in total. The van der Waals surface area contributed by atoms with E-state index in [4.69, 9.17) is 4.74 Å². The van der Waals surface area contributed by atoms with Gasteiger partial charge in [-0.2, -0.15) is 0 Å². The van der Waals surface area contributed by atoms with Gasteiger partial charge in [-0.3, -0.25) is 4.79 Å². The zero-order valence-corrected chi connectivity index (χ0v) is 14.8. The summed E-state index contributed by atoms with van der Waals surface area (Å²) in [4.78, 5) is 15.1. The second-order valence-electron chi connectivity index (χ2n) is 7.21. The van der Waals surface area contributed by atoms with E-state index in [2.05, 4.69) is 10.2 Å². The van der Waals surface area contributed by atoms with Crippen LogP contribution in [0.15, 0.2) is 24.3 Å². The van der Waals surface area contributed by atoms with Gasteiger partial charge in [0.05, 0.1) is 12.7 Å². The molecule has 3 rings (SSSR count). The van der Waals surface area contributed by atoms with Gasteiger partial charge in [0.25, 0.3) is 5.91 Å². The average Bonchev–Trinajstić information content (AvgIpc) is 2.93. The molecule has 1 atom stereocenters. The maximum absolute atomic E-state index is 12.4. The van der Waals surface area contributed by atoms with Crippen LogP contribution in [-0.2, 0) is 0 Å². The number of rotatable bonds is 5. The van der Waals surface area contributed by atoms with Gasteiger partial charge >= 0.3 is 0 Å². The molecular formula is C20H30N2O2. The van der Waals surface area contributed by atoms with Crippen LogP contribution in [0.1, 0.15) is 55.3 Å². The average molecular weight is 330 g/mol. The minimum Gasteiger partial charge on any atom is -0.496 e. The molecule has 4 nitrogen and oxygen atoms in total. The SMILES string of the molecule is COc1ccccc1C(=O)NC[C@H]1CCN(C2CCCCCC2)C1. The fraction of sp³-hybridized carbons (Fsp3) is 0.650. The third kappa shape index (κ3) is 4.29. The molecule has 0 spiro atoms. The highest BCUT2D eigenvalue weighted by atomic mass is 16.5. The summed E-state index contributed by atoms with van der Waals surface area (Å²) >= 11 is 0. The molecule has 24 heavy (non-hydrogen) atoms. The fourth-order valence-electron chi connectivity index (χ4n) is 4.15. The molecule has 1 aliphatic heterocycles. The van der Waals surface area contributed by atoms with E-state index >= 15 is 0 Å². The van der Waals surface area contributed by atoms with Crippen molar-refractivity contribution >= 4 is 5.91 Å². The van der Waals surface area contributed by atoms with E-state index < -0.39 is 0 Å². The quantitative estimate of drug-likeness (QED) is 0.841. The lowest BCUT2D eigenvalue weighted by molar-refractivity contribution is 0.0943. The number of carbonyl (C=O) groups is 1. The van der Waals surface area contributed by atoms with Gasteiger partial charge in [-0.25, -0.2) is 0 Å². The molecule has 1 aliphatic carbocycles. The fourth-order valence-corrected chi connectivity index (χ4v) is 4.15. The summed E-state index contributed by atoms with van der Waals surface area (Å²) in [5.74, 6) is 1.19. The number of likely N-dealkylation sites (tertiary alicyclic amines) is 1. The van der Waals surface area contributed by atoms with E-state index in [1.807, 2.05) is 24.3 Å². The molecule has 4 heteroatoms. The van der Waals surface area contributed by atoms with Crippen LogP contribution in [0, 0.1) is 5.92 Å². The molecule has 1 aromatic carbocycles. The van der Waals surface area contributed by atoms with Crippen LogP contribution in [0.2, 0.25) is 0 Å². The lowest BCUT2D eigenvalue weighted by atomic mass is 10.1. The van der Waals surface area contributed by atoms with Crippen LogP contribution in [0.3, 0.4) is 0 Å². The molecule has 132 valence electrons. The lowest BCUT2D eigenvalue weighted by Crippen LogP contribution is -2.35. The van der Waals surface area contributed by atoms with Gasteiger partial charge in [-0.1, -0.05) is 37.8 Å². The predicted molar refractivity (Wildman–Crippen MR) is 96.5 cm³/mol. The third-order valence-corrected chi connectivity index (χ3v) is 5.56. The largest absolute Gasteiger partial charge is 0.496 e. The minimum atomic E-state index is -0.0274. The van der Waals surface area contributed by atoms with E-state index in [1.54, 1.807) is 7.11 Å². The minimum absolute atomic E-state index is 0.0274. The van der Waals surface area contributed by atoms with Gasteiger partial charge in [0.15, 0.2) is 0 Å². The molecule has 0 aromatic heterocycles. The molecule has 0 bridgehead atoms. The first-order valence-electron chi connectivity index (χ1n) is 9.43. The van der Waals surface area contributed by atoms with Crippen LogP contribution in [0.5, 0.6) is 5.75 Å². The second kappa shape index (κ2) is 8.52. The third-order valence-electron chi connectivity index (χ3n) is 5.56. The Bertz CT molecular complexity index is 538. The van der Waals surface area contributed by atoms with Gasteiger partial charge in [0.2, 0.25) is 0 Å². The second-order valence-corrected chi connectivity index (χ2v) is 7.21. The molecular weight excluding hydrogens is 300 g/mol. The predicted octanol–water partition coefficient (Wildman–Crippen LogP) is 3.47. The summed E-state index contributed by atoms with van der Waals surface area (Å²) < 4.78 is 5.28. The molecule has 0 unspecified atom stereocenters. The zero-order chi connectivity index (χ0) is 16.8. The van der Waals surface area contributed by atoms with Crippen molar-refractivity contribution < 1.29 is 9.53 Å². The van der Waals surface area contributed by atoms with Crippen molar-refractivity contribution in [3.8, 4) is 5.75 Å². The Labute approximate surface area is 145 Å². The number of benzene rings is 1. The van der Waals surface area contributed by atoms with Crippen LogP contribution < -0.4 is 10.1 Å². The van der Waals surface area contributed by atoms with Gasteiger partial charge in [-0.05, 0) is 43.9 Å². The molecule has 0 radical (unpaired) electrons. The number of amides is 1. The number of methoxy groups -OCH3 is 1. The first kappa shape index (κ1) is 17.3. The van der Waals surface area contributed by atoms with Crippen molar-refractivity contribution in [2.24, 2.45) is 5.92 Å². The standard InChI is InChI=1S/C20H30N2O2/c1-24-19-11-7-6-10-18(19)20(23)21-14-16-12-13-22(15-16)17-8-4-2-3-5-9-17/h6-7,10-11,16-17H,2-5,8-9,12-15H2,1H3,(H,21,23)/t16-/m1/s1. The number of hydrogen-bond donors (Lipinski definition) is 1. The van der Waals surface area contributed by atoms with Crippen molar-refractivity contribution in [1.29, 1.82) is 0 Å². The summed E-state index contributed by atoms with van der Waals surface area (Å²) in [7, 11) is 1.60. The molecule has 2 fully saturated rings. The van der Waals surface area contributed by atoms with Crippen molar-refractivity contribution in [2.45, 2.75) is 51.0 Å². The van der Waals surface area contributed by atoms with Crippen molar-refractivity contribution in [1.82, 2.24) is 10.2 Å². The Hall–Kier alpha value is -1.55.